The molecule has 3 heteroatoms. The molecule has 0 aliphatic heterocycles. The minimum atomic E-state index is 0.161. The van der Waals surface area contributed by atoms with E-state index >= 15 is 0 Å². The standard InChI is InChI=1S/C16H22N2S/c1-12(10-14-6-5-9-19-14)18-15-8-7-13(11-17-15)16(2,3)4/h5-9,11-12H,10H2,1-4H3,(H,17,18). The summed E-state index contributed by atoms with van der Waals surface area (Å²) in [4.78, 5) is 5.92. The fourth-order valence-electron chi connectivity index (χ4n) is 1.96. The van der Waals surface area contributed by atoms with E-state index in [-0.39, 0.29) is 5.41 Å². The van der Waals surface area contributed by atoms with E-state index in [9.17, 15) is 0 Å². The summed E-state index contributed by atoms with van der Waals surface area (Å²) in [7, 11) is 0. The van der Waals surface area contributed by atoms with E-state index in [0.29, 0.717) is 6.04 Å². The SMILES string of the molecule is CC(Cc1cccs1)Nc1ccc(C(C)(C)C)cn1. The zero-order chi connectivity index (χ0) is 13.9. The summed E-state index contributed by atoms with van der Waals surface area (Å²) in [6, 6.07) is 8.91. The number of hydrogen-bond acceptors (Lipinski definition) is 3. The second kappa shape index (κ2) is 5.74. The Labute approximate surface area is 119 Å². The third-order valence-corrected chi connectivity index (χ3v) is 4.01. The van der Waals surface area contributed by atoms with Crippen LogP contribution in [0.25, 0.3) is 0 Å². The lowest BCUT2D eigenvalue weighted by Gasteiger charge is -2.19. The molecule has 1 N–H and O–H groups in total. The summed E-state index contributed by atoms with van der Waals surface area (Å²) in [6.07, 6.45) is 3.01. The molecule has 0 fully saturated rings. The highest BCUT2D eigenvalue weighted by atomic mass is 32.1. The summed E-state index contributed by atoms with van der Waals surface area (Å²) in [6.45, 7) is 8.81. The quantitative estimate of drug-likeness (QED) is 0.889. The molecule has 0 bridgehead atoms. The number of thiophene rings is 1. The Kier molecular flexibility index (Phi) is 4.25. The van der Waals surface area contributed by atoms with Crippen LogP contribution in [0.1, 0.15) is 38.1 Å². The maximum absolute atomic E-state index is 4.51. The van der Waals surface area contributed by atoms with Gasteiger partial charge in [0.05, 0.1) is 0 Å². The van der Waals surface area contributed by atoms with Crippen molar-refractivity contribution in [1.82, 2.24) is 4.98 Å². The van der Waals surface area contributed by atoms with Crippen LogP contribution in [0.5, 0.6) is 0 Å². The van der Waals surface area contributed by atoms with Crippen LogP contribution >= 0.6 is 11.3 Å². The van der Waals surface area contributed by atoms with Crippen molar-refractivity contribution in [1.29, 1.82) is 0 Å². The van der Waals surface area contributed by atoms with Gasteiger partial charge in [-0.15, -0.1) is 11.3 Å². The maximum atomic E-state index is 4.51. The predicted octanol–water partition coefficient (Wildman–Crippen LogP) is 4.48. The molecule has 0 amide bonds. The molecule has 0 aromatic carbocycles. The first-order valence-corrected chi connectivity index (χ1v) is 7.58. The van der Waals surface area contributed by atoms with Crippen LogP contribution in [0.3, 0.4) is 0 Å². The first kappa shape index (κ1) is 14.1. The Morgan fingerprint density at radius 2 is 2.05 bits per heavy atom. The summed E-state index contributed by atoms with van der Waals surface area (Å²) in [5.74, 6) is 0.956. The van der Waals surface area contributed by atoms with E-state index in [1.54, 1.807) is 0 Å². The van der Waals surface area contributed by atoms with Crippen LogP contribution in [0.15, 0.2) is 35.8 Å². The molecule has 0 saturated heterocycles. The van der Waals surface area contributed by atoms with Crippen molar-refractivity contribution in [2.45, 2.75) is 45.6 Å². The van der Waals surface area contributed by atoms with Gasteiger partial charge in [0.25, 0.3) is 0 Å². The van der Waals surface area contributed by atoms with Gasteiger partial charge in [-0.1, -0.05) is 32.9 Å². The first-order valence-electron chi connectivity index (χ1n) is 6.70. The summed E-state index contributed by atoms with van der Waals surface area (Å²) >= 11 is 1.81. The highest BCUT2D eigenvalue weighted by molar-refractivity contribution is 7.09. The van der Waals surface area contributed by atoms with Crippen molar-refractivity contribution in [3.05, 3.63) is 46.3 Å². The van der Waals surface area contributed by atoms with Crippen molar-refractivity contribution in [2.75, 3.05) is 5.32 Å². The number of aromatic nitrogens is 1. The number of nitrogens with one attached hydrogen (secondary N) is 1. The second-order valence-corrected chi connectivity index (χ2v) is 7.04. The molecule has 1 atom stereocenters. The summed E-state index contributed by atoms with van der Waals surface area (Å²) in [5.41, 5.74) is 1.43. The molecular formula is C16H22N2S. The van der Waals surface area contributed by atoms with Gasteiger partial charge in [0.15, 0.2) is 0 Å². The van der Waals surface area contributed by atoms with Crippen LogP contribution < -0.4 is 5.32 Å². The molecule has 2 rings (SSSR count). The molecule has 2 aromatic heterocycles. The minimum absolute atomic E-state index is 0.161. The number of nitrogens with zero attached hydrogens (tertiary/aromatic N) is 1. The zero-order valence-electron chi connectivity index (χ0n) is 12.1. The topological polar surface area (TPSA) is 24.9 Å². The third-order valence-electron chi connectivity index (χ3n) is 3.11. The highest BCUT2D eigenvalue weighted by Gasteiger charge is 2.14. The largest absolute Gasteiger partial charge is 0.367 e. The number of hydrogen-bond donors (Lipinski definition) is 1. The van der Waals surface area contributed by atoms with E-state index in [1.807, 2.05) is 17.5 Å². The lowest BCUT2D eigenvalue weighted by molar-refractivity contribution is 0.587. The number of anilines is 1. The van der Waals surface area contributed by atoms with E-state index in [4.69, 9.17) is 0 Å². The van der Waals surface area contributed by atoms with Gasteiger partial charge in [-0.2, -0.15) is 0 Å². The normalized spacial score (nSPS) is 13.3. The Bertz CT molecular complexity index is 495. The van der Waals surface area contributed by atoms with Gasteiger partial charge in [0, 0.05) is 23.5 Å². The lowest BCUT2D eigenvalue weighted by atomic mass is 9.88. The van der Waals surface area contributed by atoms with Gasteiger partial charge < -0.3 is 5.32 Å². The van der Waals surface area contributed by atoms with Crippen molar-refractivity contribution < 1.29 is 0 Å². The van der Waals surface area contributed by atoms with Crippen LogP contribution in [-0.4, -0.2) is 11.0 Å². The van der Waals surface area contributed by atoms with Gasteiger partial charge in [-0.05, 0) is 35.4 Å². The molecule has 0 saturated carbocycles. The van der Waals surface area contributed by atoms with Crippen LogP contribution in [0.4, 0.5) is 5.82 Å². The van der Waals surface area contributed by atoms with Crippen molar-refractivity contribution in [3.8, 4) is 0 Å². The zero-order valence-corrected chi connectivity index (χ0v) is 12.9. The number of pyridine rings is 1. The molecule has 0 radical (unpaired) electrons. The Balaban J connectivity index is 1.96. The molecule has 0 spiro atoms. The molecule has 0 aliphatic carbocycles. The van der Waals surface area contributed by atoms with Crippen molar-refractivity contribution in [2.24, 2.45) is 0 Å². The van der Waals surface area contributed by atoms with E-state index in [2.05, 4.69) is 67.6 Å². The van der Waals surface area contributed by atoms with Gasteiger partial charge in [-0.25, -0.2) is 4.98 Å². The Morgan fingerprint density at radius 1 is 1.26 bits per heavy atom. The predicted molar refractivity (Wildman–Crippen MR) is 84.0 cm³/mol. The highest BCUT2D eigenvalue weighted by Crippen LogP contribution is 2.22. The van der Waals surface area contributed by atoms with E-state index < -0.39 is 0 Å². The molecule has 2 nitrogen and oxygen atoms in total. The fourth-order valence-corrected chi connectivity index (χ4v) is 2.79. The minimum Gasteiger partial charge on any atom is -0.367 e. The smallest absolute Gasteiger partial charge is 0.126 e. The van der Waals surface area contributed by atoms with Crippen molar-refractivity contribution >= 4 is 17.2 Å². The van der Waals surface area contributed by atoms with Crippen molar-refractivity contribution in [3.63, 3.8) is 0 Å². The molecular weight excluding hydrogens is 252 g/mol. The molecule has 2 heterocycles. The van der Waals surface area contributed by atoms with Gasteiger partial charge in [-0.3, -0.25) is 0 Å². The monoisotopic (exact) mass is 274 g/mol. The Morgan fingerprint density at radius 3 is 2.58 bits per heavy atom. The van der Waals surface area contributed by atoms with Crippen LogP contribution in [0.2, 0.25) is 0 Å². The van der Waals surface area contributed by atoms with Gasteiger partial charge >= 0.3 is 0 Å². The first-order chi connectivity index (χ1) is 8.95. The molecule has 102 valence electrons. The van der Waals surface area contributed by atoms with E-state index in [1.165, 1.54) is 10.4 Å². The van der Waals surface area contributed by atoms with Gasteiger partial charge in [0.1, 0.15) is 5.82 Å². The molecule has 1 unspecified atom stereocenters. The number of rotatable bonds is 4. The molecule has 2 aromatic rings. The van der Waals surface area contributed by atoms with Crippen LogP contribution in [0, 0.1) is 0 Å². The summed E-state index contributed by atoms with van der Waals surface area (Å²) < 4.78 is 0. The average Bonchev–Trinajstić information content (AvgIpc) is 2.81. The van der Waals surface area contributed by atoms with Crippen LogP contribution in [-0.2, 0) is 11.8 Å². The third kappa shape index (κ3) is 4.06. The lowest BCUT2D eigenvalue weighted by Crippen LogP contribution is -2.19. The fraction of sp³-hybridized carbons (Fsp3) is 0.438. The summed E-state index contributed by atoms with van der Waals surface area (Å²) in [5, 5.41) is 5.58. The van der Waals surface area contributed by atoms with E-state index in [0.717, 1.165) is 12.2 Å². The average molecular weight is 274 g/mol. The molecule has 19 heavy (non-hydrogen) atoms. The second-order valence-electron chi connectivity index (χ2n) is 6.01. The Hall–Kier alpha value is -1.35. The van der Waals surface area contributed by atoms with Gasteiger partial charge in [0.2, 0.25) is 0 Å². The molecule has 0 aliphatic rings. The maximum Gasteiger partial charge on any atom is 0.126 e.